The van der Waals surface area contributed by atoms with E-state index in [9.17, 15) is 4.79 Å². The molecule has 3 rings (SSSR count). The van der Waals surface area contributed by atoms with E-state index in [0.29, 0.717) is 27.1 Å². The minimum Gasteiger partial charge on any atom is -0.496 e. The van der Waals surface area contributed by atoms with Crippen LogP contribution >= 0.6 is 22.9 Å². The second-order valence-electron chi connectivity index (χ2n) is 7.77. The fourth-order valence-corrected chi connectivity index (χ4v) is 4.17. The third-order valence-electron chi connectivity index (χ3n) is 4.53. The maximum Gasteiger partial charge on any atom is 0.283 e. The quantitative estimate of drug-likeness (QED) is 0.758. The summed E-state index contributed by atoms with van der Waals surface area (Å²) >= 11 is 7.61. The molecule has 0 radical (unpaired) electrons. The number of rotatable bonds is 4. The van der Waals surface area contributed by atoms with E-state index in [2.05, 4.69) is 36.5 Å². The zero-order chi connectivity index (χ0) is 19.6. The number of carbonyl (C=O) groups excluding carboxylic acids is 1. The van der Waals surface area contributed by atoms with Gasteiger partial charge in [-0.25, -0.2) is 0 Å². The van der Waals surface area contributed by atoms with Gasteiger partial charge in [0.2, 0.25) is 0 Å². The molecule has 1 fully saturated rings. The summed E-state index contributed by atoms with van der Waals surface area (Å²) in [5.41, 5.74) is 0.356. The van der Waals surface area contributed by atoms with E-state index in [4.69, 9.17) is 21.1 Å². The standard InChI is InChI=1S/C20H25ClN2O3S/c1-20(2,3)17-11-23(10-13-7-8-26-12-13)19(27-17)22-18(24)15-9-14(21)5-6-16(15)25-4/h5-6,9,11,13H,7-8,10,12H2,1-4H3/b22-19-. The Hall–Kier alpha value is -1.63. The van der Waals surface area contributed by atoms with Crippen LogP contribution in [0.4, 0.5) is 0 Å². The van der Waals surface area contributed by atoms with Gasteiger partial charge in [0.15, 0.2) is 4.80 Å². The van der Waals surface area contributed by atoms with Crippen molar-refractivity contribution in [3.63, 3.8) is 0 Å². The van der Waals surface area contributed by atoms with Gasteiger partial charge in [0.25, 0.3) is 5.91 Å². The number of thiazole rings is 1. The molecule has 1 unspecified atom stereocenters. The van der Waals surface area contributed by atoms with E-state index in [1.54, 1.807) is 29.5 Å². The second-order valence-corrected chi connectivity index (χ2v) is 9.22. The van der Waals surface area contributed by atoms with Crippen LogP contribution in [0.15, 0.2) is 29.4 Å². The van der Waals surface area contributed by atoms with Crippen molar-refractivity contribution < 1.29 is 14.3 Å². The molecule has 2 heterocycles. The molecule has 1 aromatic heterocycles. The van der Waals surface area contributed by atoms with Crippen molar-refractivity contribution in [2.75, 3.05) is 20.3 Å². The average Bonchev–Trinajstić information content (AvgIpc) is 3.25. The maximum absolute atomic E-state index is 12.9. The van der Waals surface area contributed by atoms with Crippen LogP contribution in [0.2, 0.25) is 5.02 Å². The lowest BCUT2D eigenvalue weighted by Crippen LogP contribution is -2.21. The number of benzene rings is 1. The van der Waals surface area contributed by atoms with E-state index < -0.39 is 0 Å². The largest absolute Gasteiger partial charge is 0.496 e. The summed E-state index contributed by atoms with van der Waals surface area (Å²) in [6.45, 7) is 8.83. The van der Waals surface area contributed by atoms with E-state index in [0.717, 1.165) is 26.2 Å². The second kappa shape index (κ2) is 8.17. The topological polar surface area (TPSA) is 52.8 Å². The van der Waals surface area contributed by atoms with Gasteiger partial charge in [0.1, 0.15) is 5.75 Å². The minimum absolute atomic E-state index is 0.0108. The maximum atomic E-state index is 12.9. The molecule has 1 aliphatic heterocycles. The lowest BCUT2D eigenvalue weighted by Gasteiger charge is -2.15. The van der Waals surface area contributed by atoms with Gasteiger partial charge in [-0.1, -0.05) is 32.4 Å². The number of methoxy groups -OCH3 is 1. The fraction of sp³-hybridized carbons (Fsp3) is 0.500. The van der Waals surface area contributed by atoms with E-state index in [-0.39, 0.29) is 11.3 Å². The Morgan fingerprint density at radius 1 is 1.44 bits per heavy atom. The molecule has 1 aromatic carbocycles. The van der Waals surface area contributed by atoms with Crippen molar-refractivity contribution in [1.82, 2.24) is 4.57 Å². The lowest BCUT2D eigenvalue weighted by molar-refractivity contribution is 0.0994. The predicted molar refractivity (Wildman–Crippen MR) is 108 cm³/mol. The SMILES string of the molecule is COc1ccc(Cl)cc1C(=O)/N=c1\sc(C(C)(C)C)cn1CC1CCOC1. The Kier molecular flexibility index (Phi) is 6.08. The van der Waals surface area contributed by atoms with Crippen molar-refractivity contribution in [1.29, 1.82) is 0 Å². The highest BCUT2D eigenvalue weighted by Crippen LogP contribution is 2.26. The molecule has 2 aromatic rings. The van der Waals surface area contributed by atoms with Gasteiger partial charge < -0.3 is 14.0 Å². The molecule has 0 aliphatic carbocycles. The number of hydrogen-bond acceptors (Lipinski definition) is 4. The third kappa shape index (κ3) is 4.81. The van der Waals surface area contributed by atoms with Crippen LogP contribution in [0.25, 0.3) is 0 Å². The number of ether oxygens (including phenoxy) is 2. The molecule has 146 valence electrons. The van der Waals surface area contributed by atoms with Gasteiger partial charge in [-0.05, 0) is 30.0 Å². The van der Waals surface area contributed by atoms with Gasteiger partial charge >= 0.3 is 0 Å². The first-order valence-corrected chi connectivity index (χ1v) is 10.2. The van der Waals surface area contributed by atoms with E-state index >= 15 is 0 Å². The zero-order valence-electron chi connectivity index (χ0n) is 16.1. The Bertz CT molecular complexity index is 889. The Morgan fingerprint density at radius 3 is 2.85 bits per heavy atom. The number of carbonyl (C=O) groups is 1. The number of nitrogens with zero attached hydrogens (tertiary/aromatic N) is 2. The summed E-state index contributed by atoms with van der Waals surface area (Å²) in [7, 11) is 1.53. The molecule has 7 heteroatoms. The summed E-state index contributed by atoms with van der Waals surface area (Å²) in [4.78, 5) is 19.2. The van der Waals surface area contributed by atoms with Gasteiger partial charge in [-0.15, -0.1) is 11.3 Å². The van der Waals surface area contributed by atoms with Crippen molar-refractivity contribution in [3.05, 3.63) is 44.7 Å². The van der Waals surface area contributed by atoms with Crippen LogP contribution < -0.4 is 9.54 Å². The average molecular weight is 409 g/mol. The molecular weight excluding hydrogens is 384 g/mol. The summed E-state index contributed by atoms with van der Waals surface area (Å²) < 4.78 is 12.9. The fourth-order valence-electron chi connectivity index (χ4n) is 2.94. The Morgan fingerprint density at radius 2 is 2.22 bits per heavy atom. The normalized spacial score (nSPS) is 18.1. The van der Waals surface area contributed by atoms with Crippen LogP contribution in [-0.2, 0) is 16.7 Å². The predicted octanol–water partition coefficient (Wildman–Crippen LogP) is 4.29. The number of amides is 1. The van der Waals surface area contributed by atoms with Crippen molar-refractivity contribution >= 4 is 28.8 Å². The van der Waals surface area contributed by atoms with Gasteiger partial charge in [-0.2, -0.15) is 4.99 Å². The van der Waals surface area contributed by atoms with Crippen LogP contribution in [0, 0.1) is 5.92 Å². The molecule has 1 atom stereocenters. The number of aromatic nitrogens is 1. The summed E-state index contributed by atoms with van der Waals surface area (Å²) in [6, 6.07) is 4.98. The van der Waals surface area contributed by atoms with Crippen LogP contribution in [0.5, 0.6) is 5.75 Å². The highest BCUT2D eigenvalue weighted by atomic mass is 35.5. The molecule has 5 nitrogen and oxygen atoms in total. The molecule has 0 saturated carbocycles. The smallest absolute Gasteiger partial charge is 0.283 e. The lowest BCUT2D eigenvalue weighted by atomic mass is 9.95. The molecule has 0 N–H and O–H groups in total. The number of halogens is 1. The van der Waals surface area contributed by atoms with Gasteiger partial charge in [0.05, 0.1) is 19.3 Å². The Balaban J connectivity index is 2.02. The minimum atomic E-state index is -0.354. The molecule has 1 saturated heterocycles. The van der Waals surface area contributed by atoms with Crippen molar-refractivity contribution in [3.8, 4) is 5.75 Å². The number of hydrogen-bond donors (Lipinski definition) is 0. The highest BCUT2D eigenvalue weighted by molar-refractivity contribution is 7.09. The zero-order valence-corrected chi connectivity index (χ0v) is 17.7. The summed E-state index contributed by atoms with van der Waals surface area (Å²) in [5.74, 6) is 0.562. The molecule has 1 aliphatic rings. The van der Waals surface area contributed by atoms with Crippen molar-refractivity contribution in [2.24, 2.45) is 10.9 Å². The first-order chi connectivity index (χ1) is 12.8. The first-order valence-electron chi connectivity index (χ1n) is 8.99. The highest BCUT2D eigenvalue weighted by Gasteiger charge is 2.22. The van der Waals surface area contributed by atoms with Crippen LogP contribution in [-0.4, -0.2) is 30.8 Å². The van der Waals surface area contributed by atoms with Gasteiger partial charge in [-0.3, -0.25) is 4.79 Å². The first kappa shape index (κ1) is 20.1. The van der Waals surface area contributed by atoms with E-state index in [1.165, 1.54) is 12.0 Å². The van der Waals surface area contributed by atoms with Crippen molar-refractivity contribution in [2.45, 2.75) is 39.2 Å². The van der Waals surface area contributed by atoms with E-state index in [1.807, 2.05) is 0 Å². The summed E-state index contributed by atoms with van der Waals surface area (Å²) in [5, 5.41) is 0.479. The molecular formula is C20H25ClN2O3S. The third-order valence-corrected chi connectivity index (χ3v) is 6.21. The monoisotopic (exact) mass is 408 g/mol. The summed E-state index contributed by atoms with van der Waals surface area (Å²) in [6.07, 6.45) is 3.15. The van der Waals surface area contributed by atoms with Gasteiger partial charge in [0, 0.05) is 35.2 Å². The molecule has 27 heavy (non-hydrogen) atoms. The molecule has 1 amide bonds. The molecule has 0 spiro atoms. The molecule has 0 bridgehead atoms. The van der Waals surface area contributed by atoms with Crippen LogP contribution in [0.1, 0.15) is 42.4 Å². The Labute approximate surface area is 168 Å². The van der Waals surface area contributed by atoms with Crippen LogP contribution in [0.3, 0.4) is 0 Å².